The van der Waals surface area contributed by atoms with Crippen molar-refractivity contribution >= 4 is 44.7 Å². The van der Waals surface area contributed by atoms with Gasteiger partial charge in [-0.15, -0.1) is 11.3 Å². The van der Waals surface area contributed by atoms with Crippen molar-refractivity contribution in [3.8, 4) is 11.1 Å². The molecule has 0 spiro atoms. The van der Waals surface area contributed by atoms with Crippen molar-refractivity contribution in [2.75, 3.05) is 5.73 Å². The standard InChI is InChI=1S/C28H28ClN3OS/c1-18-9-12-22(13-10-18)32(28(33)27-26(29)23-7-2-3-8-24(23)34-27)17-19-5-4-6-20(15-19)21-11-14-25(30)31-16-21/h2-8,11,14-16,18,22H,9-10,12-13,17H2,1H3,(H2,30,31). The average molecular weight is 490 g/mol. The number of pyridine rings is 1. The summed E-state index contributed by atoms with van der Waals surface area (Å²) < 4.78 is 1.05. The molecule has 0 radical (unpaired) electrons. The van der Waals surface area contributed by atoms with E-state index in [2.05, 4.69) is 35.0 Å². The van der Waals surface area contributed by atoms with Crippen molar-refractivity contribution in [2.45, 2.75) is 45.2 Å². The number of amides is 1. The maximum Gasteiger partial charge on any atom is 0.266 e. The smallest absolute Gasteiger partial charge is 0.266 e. The number of hydrogen-bond acceptors (Lipinski definition) is 4. The largest absolute Gasteiger partial charge is 0.384 e. The Kier molecular flexibility index (Phi) is 6.57. The van der Waals surface area contributed by atoms with Gasteiger partial charge in [-0.1, -0.05) is 54.9 Å². The molecule has 1 aliphatic carbocycles. The predicted octanol–water partition coefficient (Wildman–Crippen LogP) is 7.42. The second-order valence-corrected chi connectivity index (χ2v) is 10.7. The first-order chi connectivity index (χ1) is 16.5. The SMILES string of the molecule is CC1CCC(N(Cc2cccc(-c3ccc(N)nc3)c2)C(=O)c2sc3ccccc3c2Cl)CC1. The molecule has 0 unspecified atom stereocenters. The molecule has 4 aromatic rings. The van der Waals surface area contributed by atoms with E-state index in [0.29, 0.717) is 28.2 Å². The summed E-state index contributed by atoms with van der Waals surface area (Å²) in [5, 5.41) is 1.52. The monoisotopic (exact) mass is 489 g/mol. The molecule has 6 heteroatoms. The summed E-state index contributed by atoms with van der Waals surface area (Å²) in [4.78, 5) is 20.9. The van der Waals surface area contributed by atoms with Crippen LogP contribution in [0.15, 0.2) is 66.9 Å². The van der Waals surface area contributed by atoms with Crippen molar-refractivity contribution < 1.29 is 4.79 Å². The van der Waals surface area contributed by atoms with E-state index in [-0.39, 0.29) is 11.9 Å². The number of nitrogens with two attached hydrogens (primary N) is 1. The Hall–Kier alpha value is -2.89. The maximum atomic E-state index is 13.9. The highest BCUT2D eigenvalue weighted by Gasteiger charge is 2.31. The van der Waals surface area contributed by atoms with E-state index in [1.165, 1.54) is 11.3 Å². The van der Waals surface area contributed by atoms with Gasteiger partial charge in [0.2, 0.25) is 0 Å². The summed E-state index contributed by atoms with van der Waals surface area (Å²) in [5.74, 6) is 1.25. The van der Waals surface area contributed by atoms with E-state index < -0.39 is 0 Å². The summed E-state index contributed by atoms with van der Waals surface area (Å²) in [7, 11) is 0. The highest BCUT2D eigenvalue weighted by molar-refractivity contribution is 7.21. The van der Waals surface area contributed by atoms with Gasteiger partial charge in [0.05, 0.1) is 5.02 Å². The predicted molar refractivity (Wildman–Crippen MR) is 142 cm³/mol. The van der Waals surface area contributed by atoms with E-state index in [4.69, 9.17) is 17.3 Å². The Morgan fingerprint density at radius 3 is 2.59 bits per heavy atom. The van der Waals surface area contributed by atoms with Crippen molar-refractivity contribution in [3.05, 3.63) is 82.3 Å². The van der Waals surface area contributed by atoms with Gasteiger partial charge in [0.15, 0.2) is 0 Å². The molecule has 1 saturated carbocycles. The zero-order valence-electron chi connectivity index (χ0n) is 19.2. The molecule has 174 valence electrons. The molecule has 2 aromatic carbocycles. The molecule has 4 nitrogen and oxygen atoms in total. The molecule has 0 atom stereocenters. The van der Waals surface area contributed by atoms with Crippen LogP contribution in [0.25, 0.3) is 21.2 Å². The van der Waals surface area contributed by atoms with Crippen LogP contribution in [0.2, 0.25) is 5.02 Å². The minimum atomic E-state index is 0.0327. The lowest BCUT2D eigenvalue weighted by molar-refractivity contribution is 0.0598. The van der Waals surface area contributed by atoms with E-state index in [1.807, 2.05) is 42.5 Å². The van der Waals surface area contributed by atoms with Crippen LogP contribution in [0.4, 0.5) is 5.82 Å². The number of benzene rings is 2. The van der Waals surface area contributed by atoms with Crippen LogP contribution in [0.3, 0.4) is 0 Å². The van der Waals surface area contributed by atoms with Gasteiger partial charge in [-0.2, -0.15) is 0 Å². The Bertz CT molecular complexity index is 1310. The van der Waals surface area contributed by atoms with E-state index in [0.717, 1.165) is 52.5 Å². The number of rotatable bonds is 5. The highest BCUT2D eigenvalue weighted by Crippen LogP contribution is 2.38. The fourth-order valence-corrected chi connectivity index (χ4v) is 6.29. The van der Waals surface area contributed by atoms with Gasteiger partial charge in [-0.3, -0.25) is 4.79 Å². The summed E-state index contributed by atoms with van der Waals surface area (Å²) in [6.45, 7) is 2.86. The zero-order valence-corrected chi connectivity index (χ0v) is 20.8. The van der Waals surface area contributed by atoms with Crippen molar-refractivity contribution in [1.82, 2.24) is 9.88 Å². The van der Waals surface area contributed by atoms with Crippen LogP contribution in [-0.2, 0) is 6.54 Å². The first-order valence-corrected chi connectivity index (χ1v) is 13.0. The number of aromatic nitrogens is 1. The number of hydrogen-bond donors (Lipinski definition) is 1. The lowest BCUT2D eigenvalue weighted by Gasteiger charge is -2.36. The Labute approximate surface area is 209 Å². The van der Waals surface area contributed by atoms with Crippen LogP contribution in [0, 0.1) is 5.92 Å². The third-order valence-electron chi connectivity index (χ3n) is 6.82. The molecular formula is C28H28ClN3OS. The molecule has 5 rings (SSSR count). The lowest BCUT2D eigenvalue weighted by atomic mass is 9.86. The minimum Gasteiger partial charge on any atom is -0.384 e. The van der Waals surface area contributed by atoms with E-state index in [1.54, 1.807) is 6.20 Å². The van der Waals surface area contributed by atoms with E-state index >= 15 is 0 Å². The van der Waals surface area contributed by atoms with Crippen LogP contribution < -0.4 is 5.73 Å². The Balaban J connectivity index is 1.48. The molecule has 1 amide bonds. The first-order valence-electron chi connectivity index (χ1n) is 11.8. The summed E-state index contributed by atoms with van der Waals surface area (Å²) >= 11 is 8.22. The fraction of sp³-hybridized carbons (Fsp3) is 0.286. The van der Waals surface area contributed by atoms with Crippen molar-refractivity contribution in [3.63, 3.8) is 0 Å². The minimum absolute atomic E-state index is 0.0327. The normalized spacial score (nSPS) is 18.2. The molecule has 2 aromatic heterocycles. The van der Waals surface area contributed by atoms with Crippen LogP contribution >= 0.6 is 22.9 Å². The number of fused-ring (bicyclic) bond motifs is 1. The summed E-state index contributed by atoms with van der Waals surface area (Å²) in [6, 6.07) is 20.3. The number of anilines is 1. The van der Waals surface area contributed by atoms with Crippen LogP contribution in [0.5, 0.6) is 0 Å². The van der Waals surface area contributed by atoms with Crippen LogP contribution in [-0.4, -0.2) is 21.8 Å². The molecule has 34 heavy (non-hydrogen) atoms. The van der Waals surface area contributed by atoms with Gasteiger partial charge >= 0.3 is 0 Å². The quantitative estimate of drug-likeness (QED) is 0.317. The molecule has 1 fully saturated rings. The zero-order chi connectivity index (χ0) is 23.7. The van der Waals surface area contributed by atoms with Crippen molar-refractivity contribution in [1.29, 1.82) is 0 Å². The number of thiophene rings is 1. The Morgan fingerprint density at radius 1 is 1.06 bits per heavy atom. The number of carbonyl (C=O) groups is 1. The topological polar surface area (TPSA) is 59.2 Å². The molecule has 0 saturated heterocycles. The molecule has 2 heterocycles. The third-order valence-corrected chi connectivity index (χ3v) is 8.48. The summed E-state index contributed by atoms with van der Waals surface area (Å²) in [6.07, 6.45) is 6.13. The third kappa shape index (κ3) is 4.68. The second-order valence-electron chi connectivity index (χ2n) is 9.26. The second kappa shape index (κ2) is 9.77. The number of halogens is 1. The average Bonchev–Trinajstić information content (AvgIpc) is 3.20. The number of carbonyl (C=O) groups excluding carboxylic acids is 1. The van der Waals surface area contributed by atoms with Crippen molar-refractivity contribution in [2.24, 2.45) is 5.92 Å². The highest BCUT2D eigenvalue weighted by atomic mass is 35.5. The van der Waals surface area contributed by atoms with Gasteiger partial charge in [-0.25, -0.2) is 4.98 Å². The van der Waals surface area contributed by atoms with Gasteiger partial charge in [0, 0.05) is 34.4 Å². The van der Waals surface area contributed by atoms with Gasteiger partial charge in [-0.05, 0) is 67.0 Å². The molecule has 1 aliphatic rings. The molecule has 0 aliphatic heterocycles. The Morgan fingerprint density at radius 2 is 1.85 bits per heavy atom. The van der Waals surface area contributed by atoms with E-state index in [9.17, 15) is 4.79 Å². The lowest BCUT2D eigenvalue weighted by Crippen LogP contribution is -2.41. The molecule has 0 bridgehead atoms. The molecular weight excluding hydrogens is 462 g/mol. The first kappa shape index (κ1) is 22.9. The van der Waals surface area contributed by atoms with Gasteiger partial charge in [0.25, 0.3) is 5.91 Å². The maximum absolute atomic E-state index is 13.9. The fourth-order valence-electron chi connectivity index (χ4n) is 4.82. The van der Waals surface area contributed by atoms with Gasteiger partial charge < -0.3 is 10.6 Å². The number of nitrogen functional groups attached to an aromatic ring is 1. The summed E-state index contributed by atoms with van der Waals surface area (Å²) in [5.41, 5.74) is 8.92. The van der Waals surface area contributed by atoms with Gasteiger partial charge in [0.1, 0.15) is 10.7 Å². The van der Waals surface area contributed by atoms with Crippen LogP contribution in [0.1, 0.15) is 47.8 Å². The molecule has 2 N–H and O–H groups in total. The number of nitrogens with zero attached hydrogens (tertiary/aromatic N) is 2.